The molecule has 0 unspecified atom stereocenters. The molecule has 102 valence electrons. The molecule has 0 aromatic carbocycles. The second-order valence-electron chi connectivity index (χ2n) is 5.70. The molecule has 1 saturated heterocycles. The summed E-state index contributed by atoms with van der Waals surface area (Å²) < 4.78 is 0. The molecule has 18 heavy (non-hydrogen) atoms. The lowest BCUT2D eigenvalue weighted by atomic mass is 9.96. The number of rotatable bonds is 4. The third kappa shape index (κ3) is 3.12. The molecule has 4 nitrogen and oxygen atoms in total. The Morgan fingerprint density at radius 1 is 1.39 bits per heavy atom. The molecule has 2 fully saturated rings. The second-order valence-corrected chi connectivity index (χ2v) is 5.70. The Morgan fingerprint density at radius 3 is 2.56 bits per heavy atom. The third-order valence-corrected chi connectivity index (χ3v) is 4.26. The first-order valence-electron chi connectivity index (χ1n) is 7.07. The molecule has 0 bridgehead atoms. The minimum absolute atomic E-state index is 0.0715. The fourth-order valence-corrected chi connectivity index (χ4v) is 3.00. The van der Waals surface area contributed by atoms with E-state index in [1.165, 1.54) is 0 Å². The Balaban J connectivity index is 1.77. The summed E-state index contributed by atoms with van der Waals surface area (Å²) in [6.07, 6.45) is 7.84. The zero-order valence-electron chi connectivity index (χ0n) is 11.2. The van der Waals surface area contributed by atoms with Crippen molar-refractivity contribution < 1.29 is 4.79 Å². The molecule has 0 aromatic rings. The summed E-state index contributed by atoms with van der Waals surface area (Å²) in [5.41, 5.74) is 5.57. The van der Waals surface area contributed by atoms with Gasteiger partial charge in [-0.1, -0.05) is 18.9 Å². The van der Waals surface area contributed by atoms with E-state index in [-0.39, 0.29) is 5.91 Å². The third-order valence-electron chi connectivity index (χ3n) is 4.26. The van der Waals surface area contributed by atoms with Crippen LogP contribution in [0.15, 0.2) is 12.7 Å². The van der Waals surface area contributed by atoms with Crippen molar-refractivity contribution in [2.75, 3.05) is 19.6 Å². The maximum Gasteiger partial charge on any atom is 0.240 e. The highest BCUT2D eigenvalue weighted by atomic mass is 16.2. The molecular formula is C14H25N3O. The summed E-state index contributed by atoms with van der Waals surface area (Å²) in [4.78, 5) is 14.5. The van der Waals surface area contributed by atoms with Crippen molar-refractivity contribution in [3.63, 3.8) is 0 Å². The molecule has 0 atom stereocenters. The maximum atomic E-state index is 12.2. The molecular weight excluding hydrogens is 226 g/mol. The first-order chi connectivity index (χ1) is 8.64. The Morgan fingerprint density at radius 2 is 2.00 bits per heavy atom. The van der Waals surface area contributed by atoms with Crippen molar-refractivity contribution in [2.24, 2.45) is 5.73 Å². The standard InChI is InChI=1S/C14H25N3O/c1-2-9-17-10-5-12(6-11-17)16-13(18)14(15)7-3-4-8-14/h2,12H,1,3-11,15H2,(H,16,18). The number of nitrogens with one attached hydrogen (secondary N) is 1. The topological polar surface area (TPSA) is 58.4 Å². The molecule has 0 aromatic heterocycles. The van der Waals surface area contributed by atoms with Crippen LogP contribution in [0.4, 0.5) is 0 Å². The normalized spacial score (nSPS) is 24.9. The van der Waals surface area contributed by atoms with Gasteiger partial charge >= 0.3 is 0 Å². The number of carbonyl (C=O) groups is 1. The number of piperidine rings is 1. The lowest BCUT2D eigenvalue weighted by Gasteiger charge is -2.33. The number of hydrogen-bond acceptors (Lipinski definition) is 3. The highest BCUT2D eigenvalue weighted by molar-refractivity contribution is 5.86. The van der Waals surface area contributed by atoms with Gasteiger partial charge in [0.1, 0.15) is 0 Å². The molecule has 0 radical (unpaired) electrons. The van der Waals surface area contributed by atoms with E-state index in [1.54, 1.807) is 0 Å². The van der Waals surface area contributed by atoms with Crippen LogP contribution in [0, 0.1) is 0 Å². The molecule has 1 aliphatic heterocycles. The lowest BCUT2D eigenvalue weighted by molar-refractivity contribution is -0.127. The fourth-order valence-electron chi connectivity index (χ4n) is 3.00. The molecule has 0 spiro atoms. The SMILES string of the molecule is C=CCN1CCC(NC(=O)C2(N)CCCC2)CC1. The number of likely N-dealkylation sites (tertiary alicyclic amines) is 1. The van der Waals surface area contributed by atoms with Gasteiger partial charge in [0.15, 0.2) is 0 Å². The summed E-state index contributed by atoms with van der Waals surface area (Å²) in [6, 6.07) is 0.305. The Hall–Kier alpha value is -0.870. The molecule has 3 N–H and O–H groups in total. The van der Waals surface area contributed by atoms with Crippen molar-refractivity contribution in [1.29, 1.82) is 0 Å². The van der Waals surface area contributed by atoms with E-state index in [2.05, 4.69) is 16.8 Å². The average molecular weight is 251 g/mol. The molecule has 1 saturated carbocycles. The van der Waals surface area contributed by atoms with Crippen LogP contribution < -0.4 is 11.1 Å². The summed E-state index contributed by atoms with van der Waals surface area (Å²) in [5.74, 6) is 0.0715. The second kappa shape index (κ2) is 5.85. The summed E-state index contributed by atoms with van der Waals surface area (Å²) in [5, 5.41) is 3.15. The van der Waals surface area contributed by atoms with Crippen molar-refractivity contribution in [1.82, 2.24) is 10.2 Å². The molecule has 2 aliphatic rings. The first kappa shape index (κ1) is 13.6. The molecule has 2 rings (SSSR count). The highest BCUT2D eigenvalue weighted by Crippen LogP contribution is 2.27. The van der Waals surface area contributed by atoms with Crippen molar-refractivity contribution in [3.8, 4) is 0 Å². The van der Waals surface area contributed by atoms with Crippen molar-refractivity contribution in [3.05, 3.63) is 12.7 Å². The Kier molecular flexibility index (Phi) is 4.40. The highest BCUT2D eigenvalue weighted by Gasteiger charge is 2.38. The van der Waals surface area contributed by atoms with Gasteiger partial charge in [0.2, 0.25) is 5.91 Å². The van der Waals surface area contributed by atoms with Crippen LogP contribution in [-0.2, 0) is 4.79 Å². The van der Waals surface area contributed by atoms with Crippen LogP contribution in [0.5, 0.6) is 0 Å². The largest absolute Gasteiger partial charge is 0.352 e. The zero-order chi connectivity index (χ0) is 13.0. The van der Waals surface area contributed by atoms with E-state index in [0.29, 0.717) is 6.04 Å². The van der Waals surface area contributed by atoms with E-state index in [9.17, 15) is 4.79 Å². The number of nitrogens with zero attached hydrogens (tertiary/aromatic N) is 1. The van der Waals surface area contributed by atoms with Crippen molar-refractivity contribution >= 4 is 5.91 Å². The van der Waals surface area contributed by atoms with Gasteiger partial charge in [0.25, 0.3) is 0 Å². The maximum absolute atomic E-state index is 12.2. The fraction of sp³-hybridized carbons (Fsp3) is 0.786. The average Bonchev–Trinajstić information content (AvgIpc) is 2.80. The van der Waals surface area contributed by atoms with Crippen LogP contribution in [0.2, 0.25) is 0 Å². The van der Waals surface area contributed by atoms with Gasteiger partial charge in [-0.15, -0.1) is 6.58 Å². The van der Waals surface area contributed by atoms with E-state index in [0.717, 1.165) is 58.2 Å². The van der Waals surface area contributed by atoms with Gasteiger partial charge in [0, 0.05) is 25.7 Å². The van der Waals surface area contributed by atoms with E-state index < -0.39 is 5.54 Å². The molecule has 4 heteroatoms. The van der Waals surface area contributed by atoms with Gasteiger partial charge in [-0.2, -0.15) is 0 Å². The molecule has 1 amide bonds. The van der Waals surface area contributed by atoms with E-state index in [1.807, 2.05) is 6.08 Å². The summed E-state index contributed by atoms with van der Waals surface area (Å²) in [6.45, 7) is 6.77. The van der Waals surface area contributed by atoms with Crippen LogP contribution in [0.25, 0.3) is 0 Å². The predicted octanol–water partition coefficient (Wildman–Crippen LogP) is 1.02. The lowest BCUT2D eigenvalue weighted by Crippen LogP contribution is -2.56. The Bertz CT molecular complexity index is 302. The van der Waals surface area contributed by atoms with Crippen molar-refractivity contribution in [2.45, 2.75) is 50.1 Å². The Labute approximate surface area is 110 Å². The van der Waals surface area contributed by atoms with Gasteiger partial charge in [-0.05, 0) is 25.7 Å². The van der Waals surface area contributed by atoms with Gasteiger partial charge in [-0.25, -0.2) is 0 Å². The van der Waals surface area contributed by atoms with E-state index in [4.69, 9.17) is 5.73 Å². The number of nitrogens with two attached hydrogens (primary N) is 1. The minimum atomic E-state index is -0.585. The van der Waals surface area contributed by atoms with E-state index >= 15 is 0 Å². The monoisotopic (exact) mass is 251 g/mol. The first-order valence-corrected chi connectivity index (χ1v) is 7.07. The van der Waals surface area contributed by atoms with Crippen LogP contribution >= 0.6 is 0 Å². The smallest absolute Gasteiger partial charge is 0.240 e. The summed E-state index contributed by atoms with van der Waals surface area (Å²) in [7, 11) is 0. The van der Waals surface area contributed by atoms with Gasteiger partial charge < -0.3 is 11.1 Å². The van der Waals surface area contributed by atoms with Gasteiger partial charge in [-0.3, -0.25) is 9.69 Å². The quantitative estimate of drug-likeness (QED) is 0.734. The summed E-state index contributed by atoms with van der Waals surface area (Å²) >= 11 is 0. The van der Waals surface area contributed by atoms with Crippen LogP contribution in [0.1, 0.15) is 38.5 Å². The number of hydrogen-bond donors (Lipinski definition) is 2. The minimum Gasteiger partial charge on any atom is -0.352 e. The zero-order valence-corrected chi connectivity index (χ0v) is 11.2. The number of carbonyl (C=O) groups excluding carboxylic acids is 1. The van der Waals surface area contributed by atoms with Crippen LogP contribution in [0.3, 0.4) is 0 Å². The predicted molar refractivity (Wildman–Crippen MR) is 73.2 cm³/mol. The number of amides is 1. The molecule has 1 aliphatic carbocycles. The van der Waals surface area contributed by atoms with Crippen LogP contribution in [-0.4, -0.2) is 42.0 Å². The van der Waals surface area contributed by atoms with Gasteiger partial charge in [0.05, 0.1) is 5.54 Å². The molecule has 1 heterocycles.